The number of carbonyl (C=O) groups is 2. The number of hydrogen-bond donors (Lipinski definition) is 1. The SMILES string of the molecule is C[C@@H](OC(=O)c1ccccc1)[C@H]1CC[C@H]2[C@@H]3C(=O)C[C@H]4C[C@H](O)CC[C@]4(C)[C@H]3CC[C@]12C. The molecule has 4 fully saturated rings. The molecule has 5 rings (SSSR count). The molecule has 4 aliphatic rings. The Morgan fingerprint density at radius 2 is 1.72 bits per heavy atom. The fraction of sp³-hybridized carbons (Fsp3) is 0.714. The van der Waals surface area contributed by atoms with Gasteiger partial charge in [0, 0.05) is 18.3 Å². The number of aliphatic hydroxyl groups excluding tert-OH is 1. The maximum atomic E-state index is 13.5. The number of fused-ring (bicyclic) bond motifs is 5. The van der Waals surface area contributed by atoms with Crippen molar-refractivity contribution in [3.63, 3.8) is 0 Å². The van der Waals surface area contributed by atoms with Crippen molar-refractivity contribution in [2.75, 3.05) is 0 Å². The van der Waals surface area contributed by atoms with Crippen molar-refractivity contribution in [3.05, 3.63) is 35.9 Å². The number of esters is 1. The van der Waals surface area contributed by atoms with Crippen LogP contribution >= 0.6 is 0 Å². The van der Waals surface area contributed by atoms with Crippen molar-refractivity contribution in [2.45, 2.75) is 84.3 Å². The van der Waals surface area contributed by atoms with Gasteiger partial charge in [-0.25, -0.2) is 4.79 Å². The highest BCUT2D eigenvalue weighted by Crippen LogP contribution is 2.67. The van der Waals surface area contributed by atoms with Crippen LogP contribution < -0.4 is 0 Å². The van der Waals surface area contributed by atoms with Crippen LogP contribution in [0, 0.1) is 40.4 Å². The van der Waals surface area contributed by atoms with Crippen molar-refractivity contribution in [2.24, 2.45) is 40.4 Å². The van der Waals surface area contributed by atoms with E-state index >= 15 is 0 Å². The lowest BCUT2D eigenvalue weighted by Gasteiger charge is -2.60. The molecule has 0 amide bonds. The molecule has 9 atom stereocenters. The molecular formula is C28H38O4. The largest absolute Gasteiger partial charge is 0.459 e. The monoisotopic (exact) mass is 438 g/mol. The van der Waals surface area contributed by atoms with Crippen molar-refractivity contribution in [1.82, 2.24) is 0 Å². The van der Waals surface area contributed by atoms with Crippen LogP contribution in [-0.4, -0.2) is 29.1 Å². The van der Waals surface area contributed by atoms with Gasteiger partial charge < -0.3 is 9.84 Å². The first-order valence-electron chi connectivity index (χ1n) is 12.7. The number of rotatable bonds is 3. The summed E-state index contributed by atoms with van der Waals surface area (Å²) in [7, 11) is 0. The van der Waals surface area contributed by atoms with Crippen LogP contribution in [0.2, 0.25) is 0 Å². The molecule has 4 aliphatic carbocycles. The van der Waals surface area contributed by atoms with E-state index in [0.29, 0.717) is 41.4 Å². The number of ether oxygens (including phenoxy) is 1. The molecular weight excluding hydrogens is 400 g/mol. The maximum Gasteiger partial charge on any atom is 0.338 e. The van der Waals surface area contributed by atoms with Crippen LogP contribution in [0.15, 0.2) is 30.3 Å². The standard InChI is InChI=1S/C28H38O4/c1-17(32-26(31)18-7-5-4-6-8-18)21-9-10-22-25-23(12-14-28(21,22)3)27(2)13-11-20(29)15-19(27)16-24(25)30/h4-8,17,19-23,25,29H,9-16H2,1-3H3/t17-,19-,20-,21-,22+,23+,25+,27+,28-/m1/s1. The second-order valence-electron chi connectivity index (χ2n) is 11.7. The number of hydrogen-bond acceptors (Lipinski definition) is 4. The van der Waals surface area contributed by atoms with Crippen molar-refractivity contribution < 1.29 is 19.4 Å². The van der Waals surface area contributed by atoms with Gasteiger partial charge in [-0.3, -0.25) is 4.79 Å². The van der Waals surface area contributed by atoms with Crippen LogP contribution in [0.4, 0.5) is 0 Å². The molecule has 0 aliphatic heterocycles. The Morgan fingerprint density at radius 1 is 1.03 bits per heavy atom. The van der Waals surface area contributed by atoms with Crippen molar-refractivity contribution >= 4 is 11.8 Å². The highest BCUT2D eigenvalue weighted by atomic mass is 16.5. The molecule has 174 valence electrons. The van der Waals surface area contributed by atoms with Crippen LogP contribution in [0.1, 0.15) is 82.5 Å². The quantitative estimate of drug-likeness (QED) is 0.639. The average molecular weight is 439 g/mol. The first-order valence-corrected chi connectivity index (χ1v) is 12.7. The second kappa shape index (κ2) is 7.97. The Bertz CT molecular complexity index is 881. The molecule has 0 heterocycles. The Labute approximate surface area is 192 Å². The predicted molar refractivity (Wildman–Crippen MR) is 123 cm³/mol. The minimum atomic E-state index is -0.247. The third kappa shape index (κ3) is 3.36. The minimum absolute atomic E-state index is 0.0462. The van der Waals surface area contributed by atoms with Gasteiger partial charge in [-0.15, -0.1) is 0 Å². The number of carbonyl (C=O) groups excluding carboxylic acids is 2. The van der Waals surface area contributed by atoms with Gasteiger partial charge in [0.25, 0.3) is 0 Å². The topological polar surface area (TPSA) is 63.6 Å². The zero-order valence-electron chi connectivity index (χ0n) is 19.8. The van der Waals surface area contributed by atoms with Crippen LogP contribution in [0.25, 0.3) is 0 Å². The Balaban J connectivity index is 1.35. The summed E-state index contributed by atoms with van der Waals surface area (Å²) in [6.07, 6.45) is 7.25. The molecule has 4 nitrogen and oxygen atoms in total. The van der Waals surface area contributed by atoms with E-state index in [1.54, 1.807) is 12.1 Å². The summed E-state index contributed by atoms with van der Waals surface area (Å²) in [5.74, 6) is 1.81. The number of Topliss-reactive ketones (excluding diaryl/α,β-unsaturated/α-hetero) is 1. The van der Waals surface area contributed by atoms with Crippen LogP contribution in [-0.2, 0) is 9.53 Å². The van der Waals surface area contributed by atoms with Crippen LogP contribution in [0.3, 0.4) is 0 Å². The molecule has 0 radical (unpaired) electrons. The molecule has 1 aromatic carbocycles. The van der Waals surface area contributed by atoms with Crippen LogP contribution in [0.5, 0.6) is 0 Å². The van der Waals surface area contributed by atoms with E-state index in [1.807, 2.05) is 25.1 Å². The van der Waals surface area contributed by atoms with Gasteiger partial charge in [-0.05, 0) is 92.6 Å². The van der Waals surface area contributed by atoms with Gasteiger partial charge in [0.05, 0.1) is 11.7 Å². The third-order valence-corrected chi connectivity index (χ3v) is 10.4. The van der Waals surface area contributed by atoms with Crippen molar-refractivity contribution in [3.8, 4) is 0 Å². The van der Waals surface area contributed by atoms with Gasteiger partial charge in [-0.2, -0.15) is 0 Å². The van der Waals surface area contributed by atoms with Gasteiger partial charge >= 0.3 is 5.97 Å². The summed E-state index contributed by atoms with van der Waals surface area (Å²) < 4.78 is 5.96. The molecule has 1 N–H and O–H groups in total. The molecule has 0 spiro atoms. The number of aliphatic hydroxyl groups is 1. The predicted octanol–water partition coefficient (Wildman–Crippen LogP) is 5.43. The molecule has 0 aromatic heterocycles. The summed E-state index contributed by atoms with van der Waals surface area (Å²) in [6.45, 7) is 6.82. The molecule has 0 bridgehead atoms. The second-order valence-corrected chi connectivity index (χ2v) is 11.7. The smallest absolute Gasteiger partial charge is 0.338 e. The average Bonchev–Trinajstić information content (AvgIpc) is 3.13. The number of ketones is 1. The van der Waals surface area contributed by atoms with E-state index in [0.717, 1.165) is 44.9 Å². The highest BCUT2D eigenvalue weighted by molar-refractivity contribution is 5.89. The van der Waals surface area contributed by atoms with Gasteiger partial charge in [0.2, 0.25) is 0 Å². The normalized spacial score (nSPS) is 44.2. The van der Waals surface area contributed by atoms with E-state index in [4.69, 9.17) is 4.74 Å². The Hall–Kier alpha value is -1.68. The fourth-order valence-corrected chi connectivity index (χ4v) is 8.61. The molecule has 32 heavy (non-hydrogen) atoms. The van der Waals surface area contributed by atoms with E-state index in [1.165, 1.54) is 0 Å². The molecule has 4 saturated carbocycles. The molecule has 0 unspecified atom stereocenters. The molecule has 1 aromatic rings. The Morgan fingerprint density at radius 3 is 2.47 bits per heavy atom. The first-order chi connectivity index (χ1) is 15.2. The molecule has 4 heteroatoms. The molecule has 0 saturated heterocycles. The summed E-state index contributed by atoms with van der Waals surface area (Å²) in [4.78, 5) is 26.2. The van der Waals surface area contributed by atoms with Crippen molar-refractivity contribution in [1.29, 1.82) is 0 Å². The van der Waals surface area contributed by atoms with E-state index < -0.39 is 0 Å². The summed E-state index contributed by atoms with van der Waals surface area (Å²) in [6, 6.07) is 9.24. The van der Waals surface area contributed by atoms with E-state index in [-0.39, 0.29) is 34.9 Å². The highest BCUT2D eigenvalue weighted by Gasteiger charge is 2.63. The summed E-state index contributed by atoms with van der Waals surface area (Å²) in [5.41, 5.74) is 0.830. The third-order valence-electron chi connectivity index (χ3n) is 10.4. The lowest BCUT2D eigenvalue weighted by atomic mass is 9.44. The van der Waals surface area contributed by atoms with E-state index in [9.17, 15) is 14.7 Å². The number of benzene rings is 1. The van der Waals surface area contributed by atoms with Gasteiger partial charge in [-0.1, -0.05) is 32.0 Å². The van der Waals surface area contributed by atoms with Gasteiger partial charge in [0.15, 0.2) is 0 Å². The van der Waals surface area contributed by atoms with Gasteiger partial charge in [0.1, 0.15) is 11.9 Å². The lowest BCUT2D eigenvalue weighted by molar-refractivity contribution is -0.161. The zero-order valence-corrected chi connectivity index (χ0v) is 19.8. The summed E-state index contributed by atoms with van der Waals surface area (Å²) >= 11 is 0. The zero-order chi connectivity index (χ0) is 22.7. The fourth-order valence-electron chi connectivity index (χ4n) is 8.61. The summed E-state index contributed by atoms with van der Waals surface area (Å²) in [5, 5.41) is 10.2. The van der Waals surface area contributed by atoms with E-state index in [2.05, 4.69) is 13.8 Å². The minimum Gasteiger partial charge on any atom is -0.459 e. The maximum absolute atomic E-state index is 13.5. The first kappa shape index (κ1) is 22.1. The Kier molecular flexibility index (Phi) is 5.51. The lowest BCUT2D eigenvalue weighted by Crippen LogP contribution is -2.57.